The number of likely N-dealkylation sites (tertiary alicyclic amines) is 1. The van der Waals surface area contributed by atoms with Crippen molar-refractivity contribution in [1.29, 1.82) is 0 Å². The minimum Gasteiger partial charge on any atom is -0.335 e. The van der Waals surface area contributed by atoms with E-state index >= 15 is 0 Å². The summed E-state index contributed by atoms with van der Waals surface area (Å²) in [6.45, 7) is 6.13. The Morgan fingerprint density at radius 3 is 2.56 bits per heavy atom. The predicted molar refractivity (Wildman–Crippen MR) is 125 cm³/mol. The maximum absolute atomic E-state index is 14.5. The first-order valence-electron chi connectivity index (χ1n) is 12.7. The van der Waals surface area contributed by atoms with E-state index in [2.05, 4.69) is 29.4 Å². The normalized spacial score (nSPS) is 29.6. The average Bonchev–Trinajstić information content (AvgIpc) is 3.17. The van der Waals surface area contributed by atoms with E-state index in [-0.39, 0.29) is 34.0 Å². The van der Waals surface area contributed by atoms with Crippen LogP contribution in [0.1, 0.15) is 76.0 Å². The molecule has 1 aliphatic heterocycles. The molecule has 3 aliphatic carbocycles. The molecule has 3 fully saturated rings. The van der Waals surface area contributed by atoms with Gasteiger partial charge in [0.05, 0.1) is 17.0 Å². The first-order valence-corrected chi connectivity index (χ1v) is 12.7. The summed E-state index contributed by atoms with van der Waals surface area (Å²) in [7, 11) is 0. The zero-order valence-electron chi connectivity index (χ0n) is 19.9. The molecule has 1 saturated heterocycles. The molecule has 3 atom stereocenters. The number of aromatic nitrogens is 2. The zero-order chi connectivity index (χ0) is 23.7. The number of hydrogen-bond donors (Lipinski definition) is 1. The number of hydrogen-bond acceptors (Lipinski definition) is 3. The number of rotatable bonds is 3. The van der Waals surface area contributed by atoms with Crippen LogP contribution in [0, 0.1) is 23.0 Å². The number of piperidine rings is 1. The third-order valence-electron chi connectivity index (χ3n) is 9.53. The lowest BCUT2D eigenvalue weighted by atomic mass is 9.59. The molecule has 1 aromatic heterocycles. The summed E-state index contributed by atoms with van der Waals surface area (Å²) in [6, 6.07) is 6.15. The lowest BCUT2D eigenvalue weighted by Gasteiger charge is -2.48. The van der Waals surface area contributed by atoms with Crippen molar-refractivity contribution in [3.8, 4) is 11.3 Å². The van der Waals surface area contributed by atoms with Gasteiger partial charge in [-0.3, -0.25) is 0 Å². The highest BCUT2D eigenvalue weighted by molar-refractivity contribution is 5.75. The number of fused-ring (bicyclic) bond motifs is 5. The Kier molecular flexibility index (Phi) is 4.98. The molecule has 2 saturated carbocycles. The summed E-state index contributed by atoms with van der Waals surface area (Å²) in [5, 5.41) is 12.2. The predicted octanol–water partition coefficient (Wildman–Crippen LogP) is 5.55. The Hall–Kier alpha value is -2.57. The van der Waals surface area contributed by atoms with Gasteiger partial charge in [-0.05, 0) is 86.0 Å². The highest BCUT2D eigenvalue weighted by Crippen LogP contribution is 2.70. The second-order valence-corrected chi connectivity index (χ2v) is 11.3. The molecule has 0 radical (unpaired) electrons. The first-order chi connectivity index (χ1) is 16.3. The van der Waals surface area contributed by atoms with E-state index in [1.165, 1.54) is 24.6 Å². The van der Waals surface area contributed by atoms with Gasteiger partial charge in [0.2, 0.25) is 0 Å². The topological polar surface area (TPSA) is 58.1 Å². The Labute approximate surface area is 199 Å². The molecule has 1 aromatic carbocycles. The van der Waals surface area contributed by atoms with Crippen molar-refractivity contribution >= 4 is 6.03 Å². The SMILES string of the molecule is CC1(C)[C@H]2CC[C@]1(C1CCCN(C(=O)NC3CCC3)C1)c1nnc(-c3c(F)cccc3F)cc12. The highest BCUT2D eigenvalue weighted by atomic mass is 19.1. The monoisotopic (exact) mass is 466 g/mol. The molecule has 2 aromatic rings. The quantitative estimate of drug-likeness (QED) is 0.645. The van der Waals surface area contributed by atoms with Crippen LogP contribution in [-0.2, 0) is 5.41 Å². The summed E-state index contributed by atoms with van der Waals surface area (Å²) in [5.41, 5.74) is 1.98. The van der Waals surface area contributed by atoms with Crippen LogP contribution < -0.4 is 5.32 Å². The van der Waals surface area contributed by atoms with Crippen LogP contribution in [-0.4, -0.2) is 40.3 Å². The van der Waals surface area contributed by atoms with E-state index in [1.54, 1.807) is 0 Å². The molecular formula is C27H32F2N4O. The fourth-order valence-electron chi connectivity index (χ4n) is 7.52. The highest BCUT2D eigenvalue weighted by Gasteiger charge is 2.66. The molecule has 5 nitrogen and oxygen atoms in total. The van der Waals surface area contributed by atoms with Crippen LogP contribution in [0.2, 0.25) is 0 Å². The number of halogens is 2. The van der Waals surface area contributed by atoms with Crippen LogP contribution in [0.5, 0.6) is 0 Å². The van der Waals surface area contributed by atoms with Crippen molar-refractivity contribution in [2.75, 3.05) is 13.1 Å². The minimum atomic E-state index is -0.619. The zero-order valence-corrected chi connectivity index (χ0v) is 19.9. The minimum absolute atomic E-state index is 0.0610. The molecular weight excluding hydrogens is 434 g/mol. The number of amides is 2. The van der Waals surface area contributed by atoms with Gasteiger partial charge < -0.3 is 10.2 Å². The smallest absolute Gasteiger partial charge is 0.317 e. The standard InChI is InChI=1S/C27H32F2N4O/c1-26(2)19-11-12-27(26,16-6-5-13-33(15-16)25(34)30-17-7-3-8-17)24-18(19)14-22(31-32-24)23-20(28)9-4-10-21(23)29/h4,9-10,14,16-17,19H,3,5-8,11-13,15H2,1-2H3,(H,30,34)/t16?,19-,27-/m0/s1. The molecule has 1 N–H and O–H groups in total. The van der Waals surface area contributed by atoms with Crippen LogP contribution in [0.25, 0.3) is 11.3 Å². The second kappa shape index (κ2) is 7.72. The van der Waals surface area contributed by atoms with Gasteiger partial charge in [-0.15, -0.1) is 0 Å². The number of nitrogens with zero attached hydrogens (tertiary/aromatic N) is 3. The molecule has 1 unspecified atom stereocenters. The van der Waals surface area contributed by atoms with E-state index in [4.69, 9.17) is 0 Å². The molecule has 7 heteroatoms. The van der Waals surface area contributed by atoms with Gasteiger partial charge in [-0.2, -0.15) is 10.2 Å². The van der Waals surface area contributed by atoms with Crippen LogP contribution in [0.4, 0.5) is 13.6 Å². The van der Waals surface area contributed by atoms with E-state index < -0.39 is 11.6 Å². The summed E-state index contributed by atoms with van der Waals surface area (Å²) in [4.78, 5) is 15.0. The van der Waals surface area contributed by atoms with Gasteiger partial charge in [0, 0.05) is 24.5 Å². The van der Waals surface area contributed by atoms with Gasteiger partial charge in [0.1, 0.15) is 11.6 Å². The lowest BCUT2D eigenvalue weighted by molar-refractivity contribution is 0.0664. The number of urea groups is 1. The fourth-order valence-corrected chi connectivity index (χ4v) is 7.52. The first kappa shape index (κ1) is 21.9. The molecule has 4 aliphatic rings. The molecule has 6 rings (SSSR count). The third-order valence-corrected chi connectivity index (χ3v) is 9.53. The van der Waals surface area contributed by atoms with Gasteiger partial charge in [-0.1, -0.05) is 19.9 Å². The molecule has 0 spiro atoms. The van der Waals surface area contributed by atoms with Crippen LogP contribution in [0.3, 0.4) is 0 Å². The van der Waals surface area contributed by atoms with Gasteiger partial charge in [0.15, 0.2) is 0 Å². The average molecular weight is 467 g/mol. The maximum Gasteiger partial charge on any atom is 0.317 e. The van der Waals surface area contributed by atoms with Crippen molar-refractivity contribution in [1.82, 2.24) is 20.4 Å². The largest absolute Gasteiger partial charge is 0.335 e. The summed E-state index contributed by atoms with van der Waals surface area (Å²) in [5.74, 6) is -0.677. The summed E-state index contributed by atoms with van der Waals surface area (Å²) in [6.07, 6.45) is 7.42. The second-order valence-electron chi connectivity index (χ2n) is 11.3. The summed E-state index contributed by atoms with van der Waals surface area (Å²) < 4.78 is 29.0. The molecule has 2 amide bonds. The van der Waals surface area contributed by atoms with Gasteiger partial charge >= 0.3 is 6.03 Å². The lowest BCUT2D eigenvalue weighted by Crippen LogP contribution is -2.55. The van der Waals surface area contributed by atoms with Crippen molar-refractivity contribution in [3.05, 3.63) is 47.2 Å². The Balaban J connectivity index is 1.35. The number of carbonyl (C=O) groups is 1. The Morgan fingerprint density at radius 2 is 1.85 bits per heavy atom. The number of benzene rings is 1. The van der Waals surface area contributed by atoms with Crippen LogP contribution in [0.15, 0.2) is 24.3 Å². The van der Waals surface area contributed by atoms with E-state index in [0.29, 0.717) is 12.0 Å². The Bertz CT molecular complexity index is 1130. The van der Waals surface area contributed by atoms with E-state index in [0.717, 1.165) is 62.9 Å². The molecule has 2 heterocycles. The number of carbonyl (C=O) groups excluding carboxylic acids is 1. The Morgan fingerprint density at radius 1 is 1.09 bits per heavy atom. The van der Waals surface area contributed by atoms with Gasteiger partial charge in [-0.25, -0.2) is 13.6 Å². The van der Waals surface area contributed by atoms with Crippen molar-refractivity contribution < 1.29 is 13.6 Å². The fraction of sp³-hybridized carbons (Fsp3) is 0.593. The molecule has 180 valence electrons. The maximum atomic E-state index is 14.5. The summed E-state index contributed by atoms with van der Waals surface area (Å²) >= 11 is 0. The van der Waals surface area contributed by atoms with E-state index in [1.807, 2.05) is 11.0 Å². The van der Waals surface area contributed by atoms with Crippen LogP contribution >= 0.6 is 0 Å². The molecule has 34 heavy (non-hydrogen) atoms. The number of nitrogens with one attached hydrogen (secondary N) is 1. The van der Waals surface area contributed by atoms with Crippen molar-refractivity contribution in [3.63, 3.8) is 0 Å². The third kappa shape index (κ3) is 2.97. The van der Waals surface area contributed by atoms with Gasteiger partial charge in [0.25, 0.3) is 0 Å². The van der Waals surface area contributed by atoms with E-state index in [9.17, 15) is 13.6 Å². The van der Waals surface area contributed by atoms with Crippen molar-refractivity contribution in [2.45, 2.75) is 76.2 Å². The van der Waals surface area contributed by atoms with Crippen molar-refractivity contribution in [2.24, 2.45) is 11.3 Å². The molecule has 2 bridgehead atoms.